The number of imidazole rings is 1. The van der Waals surface area contributed by atoms with E-state index in [0.717, 1.165) is 28.7 Å². The van der Waals surface area contributed by atoms with Gasteiger partial charge < -0.3 is 4.57 Å². The molecule has 0 unspecified atom stereocenters. The summed E-state index contributed by atoms with van der Waals surface area (Å²) >= 11 is 1.74. The van der Waals surface area contributed by atoms with Gasteiger partial charge in [0.25, 0.3) is 0 Å². The summed E-state index contributed by atoms with van der Waals surface area (Å²) in [7, 11) is -3.33. The van der Waals surface area contributed by atoms with E-state index < -0.39 is 15.3 Å². The Morgan fingerprint density at radius 1 is 1.38 bits per heavy atom. The van der Waals surface area contributed by atoms with Crippen molar-refractivity contribution in [3.05, 3.63) is 30.5 Å². The standard InChI is InChI=1S/C14H17N3O2S2/c1-10(2)21(18,19)16-12-5-3-4-11(8-12)13-9-17-6-7-20-14(17)15-13/h3-5,8-10,16H,6-7H2,1-2H3. The lowest BCUT2D eigenvalue weighted by molar-refractivity contribution is 0.593. The Bertz CT molecular complexity index is 745. The smallest absolute Gasteiger partial charge is 0.235 e. The van der Waals surface area contributed by atoms with E-state index >= 15 is 0 Å². The number of nitrogens with zero attached hydrogens (tertiary/aromatic N) is 2. The number of rotatable bonds is 4. The summed E-state index contributed by atoms with van der Waals surface area (Å²) < 4.78 is 28.6. The van der Waals surface area contributed by atoms with Crippen molar-refractivity contribution in [1.29, 1.82) is 0 Å². The van der Waals surface area contributed by atoms with E-state index in [4.69, 9.17) is 0 Å². The van der Waals surface area contributed by atoms with Crippen LogP contribution < -0.4 is 4.72 Å². The van der Waals surface area contributed by atoms with Crippen molar-refractivity contribution in [3.8, 4) is 11.3 Å². The Morgan fingerprint density at radius 3 is 2.90 bits per heavy atom. The van der Waals surface area contributed by atoms with Gasteiger partial charge >= 0.3 is 0 Å². The average molecular weight is 323 g/mol. The topological polar surface area (TPSA) is 64.0 Å². The number of thioether (sulfide) groups is 1. The van der Waals surface area contributed by atoms with Gasteiger partial charge in [-0.3, -0.25) is 4.72 Å². The molecule has 0 spiro atoms. The Kier molecular flexibility index (Phi) is 3.71. The molecule has 1 N–H and O–H groups in total. The lowest BCUT2D eigenvalue weighted by Crippen LogP contribution is -2.22. The molecule has 1 aliphatic rings. The molecule has 1 aromatic heterocycles. The summed E-state index contributed by atoms with van der Waals surface area (Å²) in [6.45, 7) is 4.29. The largest absolute Gasteiger partial charge is 0.325 e. The van der Waals surface area contributed by atoms with Gasteiger partial charge in [-0.05, 0) is 26.0 Å². The minimum Gasteiger partial charge on any atom is -0.325 e. The van der Waals surface area contributed by atoms with Crippen LogP contribution in [0.15, 0.2) is 35.6 Å². The van der Waals surface area contributed by atoms with Crippen LogP contribution in [0.5, 0.6) is 0 Å². The molecule has 0 fully saturated rings. The summed E-state index contributed by atoms with van der Waals surface area (Å²) in [5.74, 6) is 1.07. The highest BCUT2D eigenvalue weighted by atomic mass is 32.2. The molecule has 0 atom stereocenters. The lowest BCUT2D eigenvalue weighted by Gasteiger charge is -2.11. The summed E-state index contributed by atoms with van der Waals surface area (Å²) in [5, 5.41) is 0.562. The molecule has 1 aromatic carbocycles. The molecule has 3 rings (SSSR count). The second-order valence-electron chi connectivity index (χ2n) is 5.23. The third kappa shape index (κ3) is 2.94. The number of sulfonamides is 1. The van der Waals surface area contributed by atoms with E-state index in [1.165, 1.54) is 0 Å². The van der Waals surface area contributed by atoms with Gasteiger partial charge in [0.1, 0.15) is 0 Å². The van der Waals surface area contributed by atoms with Crippen molar-refractivity contribution >= 4 is 27.5 Å². The van der Waals surface area contributed by atoms with Crippen molar-refractivity contribution in [1.82, 2.24) is 9.55 Å². The predicted octanol–water partition coefficient (Wildman–Crippen LogP) is 2.81. The molecular formula is C14H17N3O2S2. The number of hydrogen-bond donors (Lipinski definition) is 1. The molecule has 0 saturated carbocycles. The normalized spacial score (nSPS) is 14.4. The van der Waals surface area contributed by atoms with Crippen LogP contribution >= 0.6 is 11.8 Å². The Hall–Kier alpha value is -1.47. The molecule has 0 radical (unpaired) electrons. The van der Waals surface area contributed by atoms with Crippen LogP contribution in [0.4, 0.5) is 5.69 Å². The summed E-state index contributed by atoms with van der Waals surface area (Å²) in [6.07, 6.45) is 2.02. The highest BCUT2D eigenvalue weighted by Gasteiger charge is 2.17. The Labute approximate surface area is 128 Å². The predicted molar refractivity (Wildman–Crippen MR) is 86.1 cm³/mol. The second-order valence-corrected chi connectivity index (χ2v) is 8.53. The van der Waals surface area contributed by atoms with Crippen molar-refractivity contribution in [2.45, 2.75) is 30.8 Å². The van der Waals surface area contributed by atoms with Gasteiger partial charge in [-0.15, -0.1) is 0 Å². The first-order valence-electron chi connectivity index (χ1n) is 6.78. The molecule has 1 aliphatic heterocycles. The number of aryl methyl sites for hydroxylation is 1. The van der Waals surface area contributed by atoms with Crippen LogP contribution in [-0.4, -0.2) is 29.0 Å². The minimum absolute atomic E-state index is 0.464. The number of anilines is 1. The van der Waals surface area contributed by atoms with E-state index in [0.29, 0.717) is 5.69 Å². The van der Waals surface area contributed by atoms with Gasteiger partial charge in [0.05, 0.1) is 10.9 Å². The molecule has 21 heavy (non-hydrogen) atoms. The SMILES string of the molecule is CC(C)S(=O)(=O)Nc1cccc(-c2cn3c(n2)SCC3)c1. The van der Waals surface area contributed by atoms with Crippen molar-refractivity contribution in [3.63, 3.8) is 0 Å². The van der Waals surface area contributed by atoms with Gasteiger partial charge in [-0.25, -0.2) is 13.4 Å². The number of fused-ring (bicyclic) bond motifs is 1. The number of nitrogens with one attached hydrogen (secondary N) is 1. The van der Waals surface area contributed by atoms with Gasteiger partial charge in [0.2, 0.25) is 10.0 Å². The molecule has 0 saturated heterocycles. The average Bonchev–Trinajstić information content (AvgIpc) is 2.98. The van der Waals surface area contributed by atoms with Gasteiger partial charge in [0.15, 0.2) is 5.16 Å². The lowest BCUT2D eigenvalue weighted by atomic mass is 10.1. The molecule has 2 heterocycles. The first-order valence-corrected chi connectivity index (χ1v) is 9.31. The zero-order chi connectivity index (χ0) is 15.0. The molecule has 0 aliphatic carbocycles. The molecule has 0 amide bonds. The van der Waals surface area contributed by atoms with E-state index in [9.17, 15) is 8.42 Å². The van der Waals surface area contributed by atoms with Crippen molar-refractivity contribution in [2.75, 3.05) is 10.5 Å². The Morgan fingerprint density at radius 2 is 2.19 bits per heavy atom. The summed E-state index contributed by atoms with van der Waals surface area (Å²) in [6, 6.07) is 7.35. The highest BCUT2D eigenvalue weighted by Crippen LogP contribution is 2.30. The monoisotopic (exact) mass is 323 g/mol. The first kappa shape index (κ1) is 14.5. The fourth-order valence-corrected chi connectivity index (χ4v) is 3.71. The fraction of sp³-hybridized carbons (Fsp3) is 0.357. The summed E-state index contributed by atoms with van der Waals surface area (Å²) in [5.41, 5.74) is 2.37. The van der Waals surface area contributed by atoms with Crippen LogP contribution in [0.1, 0.15) is 13.8 Å². The fourth-order valence-electron chi connectivity index (χ4n) is 2.07. The van der Waals surface area contributed by atoms with E-state index in [2.05, 4.69) is 14.3 Å². The van der Waals surface area contributed by atoms with Gasteiger partial charge in [0, 0.05) is 29.7 Å². The molecule has 7 heteroatoms. The van der Waals surface area contributed by atoms with Crippen LogP contribution in [0.3, 0.4) is 0 Å². The second kappa shape index (κ2) is 5.38. The third-order valence-corrected chi connectivity index (χ3v) is 6.07. The number of hydrogen-bond acceptors (Lipinski definition) is 4. The maximum atomic E-state index is 11.9. The number of aromatic nitrogens is 2. The zero-order valence-corrected chi connectivity index (χ0v) is 13.5. The van der Waals surface area contributed by atoms with E-state index in [1.54, 1.807) is 31.7 Å². The Balaban J connectivity index is 1.89. The quantitative estimate of drug-likeness (QED) is 0.940. The molecule has 0 bridgehead atoms. The van der Waals surface area contributed by atoms with E-state index in [-0.39, 0.29) is 0 Å². The third-order valence-electron chi connectivity index (χ3n) is 3.34. The molecular weight excluding hydrogens is 306 g/mol. The van der Waals surface area contributed by atoms with E-state index in [1.807, 2.05) is 24.4 Å². The first-order chi connectivity index (χ1) is 9.95. The highest BCUT2D eigenvalue weighted by molar-refractivity contribution is 7.99. The minimum atomic E-state index is -3.33. The molecule has 2 aromatic rings. The van der Waals surface area contributed by atoms with Crippen LogP contribution in [0.2, 0.25) is 0 Å². The van der Waals surface area contributed by atoms with Gasteiger partial charge in [-0.1, -0.05) is 23.9 Å². The zero-order valence-electron chi connectivity index (χ0n) is 11.9. The van der Waals surface area contributed by atoms with Crippen molar-refractivity contribution < 1.29 is 8.42 Å². The molecule has 5 nitrogen and oxygen atoms in total. The maximum Gasteiger partial charge on any atom is 0.235 e. The van der Waals surface area contributed by atoms with Crippen LogP contribution in [0, 0.1) is 0 Å². The van der Waals surface area contributed by atoms with Crippen molar-refractivity contribution in [2.24, 2.45) is 0 Å². The maximum absolute atomic E-state index is 11.9. The molecule has 112 valence electrons. The van der Waals surface area contributed by atoms with Gasteiger partial charge in [-0.2, -0.15) is 0 Å². The number of benzene rings is 1. The van der Waals surface area contributed by atoms with Crippen LogP contribution in [-0.2, 0) is 16.6 Å². The van der Waals surface area contributed by atoms with Crippen LogP contribution in [0.25, 0.3) is 11.3 Å². The summed E-state index contributed by atoms with van der Waals surface area (Å²) in [4.78, 5) is 4.58.